The molecule has 5 rings (SSSR count). The summed E-state index contributed by atoms with van der Waals surface area (Å²) < 4.78 is 2.27. The molecule has 0 radical (unpaired) electrons. The fourth-order valence-electron chi connectivity index (χ4n) is 3.68. The lowest BCUT2D eigenvalue weighted by Gasteiger charge is -2.10. The van der Waals surface area contributed by atoms with Gasteiger partial charge in [-0.1, -0.05) is 36.4 Å². The van der Waals surface area contributed by atoms with Gasteiger partial charge in [-0.15, -0.1) is 0 Å². The molecule has 0 saturated heterocycles. The summed E-state index contributed by atoms with van der Waals surface area (Å²) in [6, 6.07) is 21.1. The zero-order valence-corrected chi connectivity index (χ0v) is 15.6. The number of hydrogen-bond acceptors (Lipinski definition) is 3. The van der Waals surface area contributed by atoms with Gasteiger partial charge in [0, 0.05) is 47.1 Å². The number of hydrogen-bond donors (Lipinski definition) is 2. The number of para-hydroxylation sites is 2. The van der Waals surface area contributed by atoms with Crippen molar-refractivity contribution < 1.29 is 4.79 Å². The first-order valence-electron chi connectivity index (χ1n) is 9.76. The van der Waals surface area contributed by atoms with E-state index in [0.717, 1.165) is 5.82 Å². The summed E-state index contributed by atoms with van der Waals surface area (Å²) in [5.74, 6) is 0.746. The Labute approximate surface area is 163 Å². The monoisotopic (exact) mass is 370 g/mol. The second kappa shape index (κ2) is 7.00. The van der Waals surface area contributed by atoms with Gasteiger partial charge < -0.3 is 15.2 Å². The maximum absolute atomic E-state index is 12.5. The molecule has 140 valence electrons. The molecular formula is C23H22N4O. The van der Waals surface area contributed by atoms with Crippen molar-refractivity contribution in [1.29, 1.82) is 0 Å². The predicted molar refractivity (Wildman–Crippen MR) is 113 cm³/mol. The molecule has 2 aromatic heterocycles. The van der Waals surface area contributed by atoms with Gasteiger partial charge in [-0.3, -0.25) is 4.79 Å². The Morgan fingerprint density at radius 2 is 1.64 bits per heavy atom. The number of nitrogens with zero attached hydrogens (tertiary/aromatic N) is 2. The Hall–Kier alpha value is -3.34. The van der Waals surface area contributed by atoms with Gasteiger partial charge in [0.05, 0.1) is 5.56 Å². The van der Waals surface area contributed by atoms with E-state index in [1.54, 1.807) is 6.20 Å². The van der Waals surface area contributed by atoms with Gasteiger partial charge in [0.2, 0.25) is 0 Å². The van der Waals surface area contributed by atoms with Gasteiger partial charge in [0.25, 0.3) is 5.91 Å². The average molecular weight is 370 g/mol. The van der Waals surface area contributed by atoms with Crippen LogP contribution in [0.25, 0.3) is 21.8 Å². The molecule has 2 N–H and O–H groups in total. The fourth-order valence-corrected chi connectivity index (χ4v) is 3.68. The van der Waals surface area contributed by atoms with Crippen LogP contribution in [0.3, 0.4) is 0 Å². The molecule has 1 amide bonds. The number of fused-ring (bicyclic) bond motifs is 3. The molecular weight excluding hydrogens is 348 g/mol. The second-order valence-corrected chi connectivity index (χ2v) is 7.29. The lowest BCUT2D eigenvalue weighted by atomic mass is 10.2. The minimum absolute atomic E-state index is 0.0914. The zero-order valence-electron chi connectivity index (χ0n) is 15.6. The molecule has 0 unspecified atom stereocenters. The third-order valence-corrected chi connectivity index (χ3v) is 5.26. The summed E-state index contributed by atoms with van der Waals surface area (Å²) >= 11 is 0. The van der Waals surface area contributed by atoms with Crippen molar-refractivity contribution in [3.05, 3.63) is 72.4 Å². The van der Waals surface area contributed by atoms with E-state index in [1.807, 2.05) is 12.1 Å². The fraction of sp³-hybridized carbons (Fsp3) is 0.217. The van der Waals surface area contributed by atoms with Crippen LogP contribution < -0.4 is 10.6 Å². The van der Waals surface area contributed by atoms with Gasteiger partial charge >= 0.3 is 0 Å². The molecule has 0 spiro atoms. The number of aromatic nitrogens is 2. The van der Waals surface area contributed by atoms with Gasteiger partial charge in [0.1, 0.15) is 5.82 Å². The molecule has 28 heavy (non-hydrogen) atoms. The average Bonchev–Trinajstić information content (AvgIpc) is 3.50. The van der Waals surface area contributed by atoms with Crippen LogP contribution in [-0.2, 0) is 6.54 Å². The molecule has 2 aromatic carbocycles. The lowest BCUT2D eigenvalue weighted by Crippen LogP contribution is -2.27. The van der Waals surface area contributed by atoms with Crippen molar-refractivity contribution in [2.45, 2.75) is 25.4 Å². The van der Waals surface area contributed by atoms with Crippen LogP contribution in [-0.4, -0.2) is 28.0 Å². The van der Waals surface area contributed by atoms with E-state index >= 15 is 0 Å². The standard InChI is InChI=1S/C23H22N4O/c28-23(16-9-12-22(25-15-16)26-17-10-11-17)24-13-14-27-20-7-3-1-5-18(20)19-6-2-4-8-21(19)27/h1-9,12,15,17H,10-11,13-14H2,(H,24,28)(H,25,26). The molecule has 4 aromatic rings. The zero-order chi connectivity index (χ0) is 18.9. The molecule has 2 heterocycles. The number of carbonyl (C=O) groups excluding carboxylic acids is 1. The summed E-state index contributed by atoms with van der Waals surface area (Å²) in [5.41, 5.74) is 2.97. The van der Waals surface area contributed by atoms with E-state index in [9.17, 15) is 4.79 Å². The number of nitrogens with one attached hydrogen (secondary N) is 2. The van der Waals surface area contributed by atoms with E-state index in [2.05, 4.69) is 68.7 Å². The molecule has 5 heteroatoms. The number of anilines is 1. The van der Waals surface area contributed by atoms with Gasteiger partial charge in [0.15, 0.2) is 0 Å². The van der Waals surface area contributed by atoms with Crippen molar-refractivity contribution in [2.24, 2.45) is 0 Å². The van der Waals surface area contributed by atoms with Crippen molar-refractivity contribution in [2.75, 3.05) is 11.9 Å². The third-order valence-electron chi connectivity index (χ3n) is 5.26. The molecule has 1 saturated carbocycles. The predicted octanol–water partition coefficient (Wildman–Crippen LogP) is 4.19. The summed E-state index contributed by atoms with van der Waals surface area (Å²) in [4.78, 5) is 16.8. The Morgan fingerprint density at radius 3 is 2.25 bits per heavy atom. The summed E-state index contributed by atoms with van der Waals surface area (Å²) in [7, 11) is 0. The van der Waals surface area contributed by atoms with Crippen LogP contribution in [0, 0.1) is 0 Å². The van der Waals surface area contributed by atoms with Gasteiger partial charge in [-0.05, 0) is 37.1 Å². The minimum atomic E-state index is -0.0914. The first kappa shape index (κ1) is 16.8. The van der Waals surface area contributed by atoms with Crippen LogP contribution in [0.5, 0.6) is 0 Å². The molecule has 0 atom stereocenters. The highest BCUT2D eigenvalue weighted by atomic mass is 16.1. The van der Waals surface area contributed by atoms with Gasteiger partial charge in [-0.25, -0.2) is 4.98 Å². The smallest absolute Gasteiger partial charge is 0.252 e. The van der Waals surface area contributed by atoms with E-state index in [4.69, 9.17) is 0 Å². The molecule has 1 aliphatic carbocycles. The Bertz CT molecular complexity index is 1090. The normalized spacial score (nSPS) is 13.7. The van der Waals surface area contributed by atoms with Crippen molar-refractivity contribution in [3.63, 3.8) is 0 Å². The number of amides is 1. The molecule has 5 nitrogen and oxygen atoms in total. The van der Waals surface area contributed by atoms with Crippen molar-refractivity contribution >= 4 is 33.5 Å². The molecule has 1 fully saturated rings. The SMILES string of the molecule is O=C(NCCn1c2ccccc2c2ccccc21)c1ccc(NC2CC2)nc1. The number of carbonyl (C=O) groups is 1. The first-order chi connectivity index (χ1) is 13.8. The largest absolute Gasteiger partial charge is 0.367 e. The first-order valence-corrected chi connectivity index (χ1v) is 9.76. The van der Waals surface area contributed by atoms with Crippen LogP contribution in [0.4, 0.5) is 5.82 Å². The number of pyridine rings is 1. The van der Waals surface area contributed by atoms with Crippen LogP contribution in [0.2, 0.25) is 0 Å². The topological polar surface area (TPSA) is 59.0 Å². The van der Waals surface area contributed by atoms with E-state index in [0.29, 0.717) is 24.7 Å². The molecule has 0 bridgehead atoms. The second-order valence-electron chi connectivity index (χ2n) is 7.29. The maximum Gasteiger partial charge on any atom is 0.252 e. The maximum atomic E-state index is 12.5. The van der Waals surface area contributed by atoms with Crippen LogP contribution >= 0.6 is 0 Å². The number of rotatable bonds is 6. The summed E-state index contributed by atoms with van der Waals surface area (Å²) in [5, 5.41) is 8.84. The lowest BCUT2D eigenvalue weighted by molar-refractivity contribution is 0.0952. The highest BCUT2D eigenvalue weighted by Crippen LogP contribution is 2.28. The Morgan fingerprint density at radius 1 is 0.964 bits per heavy atom. The van der Waals surface area contributed by atoms with E-state index in [-0.39, 0.29) is 5.91 Å². The number of benzene rings is 2. The highest BCUT2D eigenvalue weighted by molar-refractivity contribution is 6.08. The third kappa shape index (κ3) is 3.20. The Balaban J connectivity index is 1.29. The molecule has 0 aliphatic heterocycles. The van der Waals surface area contributed by atoms with E-state index in [1.165, 1.54) is 34.6 Å². The van der Waals surface area contributed by atoms with E-state index < -0.39 is 0 Å². The minimum Gasteiger partial charge on any atom is -0.367 e. The summed E-state index contributed by atoms with van der Waals surface area (Å²) in [6.45, 7) is 1.28. The van der Waals surface area contributed by atoms with Crippen molar-refractivity contribution in [3.8, 4) is 0 Å². The van der Waals surface area contributed by atoms with Crippen molar-refractivity contribution in [1.82, 2.24) is 14.9 Å². The van der Waals surface area contributed by atoms with Crippen LogP contribution in [0.1, 0.15) is 23.2 Å². The van der Waals surface area contributed by atoms with Gasteiger partial charge in [-0.2, -0.15) is 0 Å². The van der Waals surface area contributed by atoms with Crippen LogP contribution in [0.15, 0.2) is 66.9 Å². The highest BCUT2D eigenvalue weighted by Gasteiger charge is 2.21. The molecule has 1 aliphatic rings. The summed E-state index contributed by atoms with van der Waals surface area (Å²) in [6.07, 6.45) is 4.04. The Kier molecular flexibility index (Phi) is 4.20. The quantitative estimate of drug-likeness (QED) is 0.535.